The molecule has 4 nitrogen and oxygen atoms in total. The summed E-state index contributed by atoms with van der Waals surface area (Å²) in [7, 11) is 1.30. The number of benzene rings is 1. The monoisotopic (exact) mass is 316 g/mol. The third kappa shape index (κ3) is 3.45. The van der Waals surface area contributed by atoms with Crippen molar-refractivity contribution in [3.05, 3.63) is 34.9 Å². The first-order chi connectivity index (χ1) is 10.7. The molecule has 0 N–H and O–H groups in total. The van der Waals surface area contributed by atoms with Crippen LogP contribution in [-0.4, -0.2) is 19.6 Å². The molecule has 1 aromatic carbocycles. The first-order valence-electron chi connectivity index (χ1n) is 7.50. The van der Waals surface area contributed by atoms with Gasteiger partial charge in [0.05, 0.1) is 12.8 Å². The normalized spacial score (nSPS) is 15.2. The highest BCUT2D eigenvalue weighted by Gasteiger charge is 2.30. The number of hydrogen-bond donors (Lipinski definition) is 0. The number of carbonyl (C=O) groups is 1. The molecule has 0 bridgehead atoms. The second-order valence-electron chi connectivity index (χ2n) is 5.07. The number of rotatable bonds is 6. The van der Waals surface area contributed by atoms with Crippen molar-refractivity contribution in [2.45, 2.75) is 37.5 Å². The highest BCUT2D eigenvalue weighted by molar-refractivity contribution is 8.03. The predicted molar refractivity (Wildman–Crippen MR) is 88.4 cm³/mol. The van der Waals surface area contributed by atoms with Gasteiger partial charge in [-0.3, -0.25) is 0 Å². The summed E-state index contributed by atoms with van der Waals surface area (Å²) < 4.78 is 4.75. The quantitative estimate of drug-likeness (QED) is 0.342. The van der Waals surface area contributed by atoms with E-state index in [4.69, 9.17) is 4.74 Å². The number of carbonyl (C=O) groups excluding carboxylic acids is 1. The van der Waals surface area contributed by atoms with Crippen molar-refractivity contribution in [2.24, 2.45) is 0 Å². The molecule has 22 heavy (non-hydrogen) atoms. The van der Waals surface area contributed by atoms with Crippen LogP contribution in [0.5, 0.6) is 0 Å². The number of methoxy groups -OCH3 is 1. The van der Waals surface area contributed by atoms with E-state index in [1.165, 1.54) is 31.7 Å². The first kappa shape index (κ1) is 16.4. The zero-order valence-electron chi connectivity index (χ0n) is 13.0. The van der Waals surface area contributed by atoms with Crippen LogP contribution in [0.25, 0.3) is 0 Å². The molecular weight excluding hydrogens is 296 g/mol. The molecule has 5 heteroatoms. The van der Waals surface area contributed by atoms with Gasteiger partial charge in [0.1, 0.15) is 11.1 Å². The maximum absolute atomic E-state index is 11.9. The Hall–Kier alpha value is -1.93. The summed E-state index contributed by atoms with van der Waals surface area (Å²) in [5.41, 5.74) is 1.15. The van der Waals surface area contributed by atoms with Gasteiger partial charge in [-0.05, 0) is 18.6 Å². The summed E-state index contributed by atoms with van der Waals surface area (Å²) in [6.45, 7) is 2.99. The molecule has 1 heterocycles. The maximum Gasteiger partial charge on any atom is 0.351 e. The van der Waals surface area contributed by atoms with Gasteiger partial charge in [-0.2, -0.15) is 5.26 Å². The highest BCUT2D eigenvalue weighted by Crippen LogP contribution is 2.47. The van der Waals surface area contributed by atoms with Crippen LogP contribution in [0.15, 0.2) is 39.8 Å². The summed E-state index contributed by atoms with van der Waals surface area (Å²) in [4.78, 5) is 15.0. The van der Waals surface area contributed by atoms with Gasteiger partial charge in [0.15, 0.2) is 5.57 Å². The largest absolute Gasteiger partial charge is 0.465 e. The molecule has 0 atom stereocenters. The fraction of sp³-hybridized carbons (Fsp3) is 0.412. The van der Waals surface area contributed by atoms with Gasteiger partial charge in [-0.15, -0.1) is 0 Å². The molecule has 1 aliphatic heterocycles. The minimum atomic E-state index is -0.573. The molecule has 1 aliphatic rings. The Morgan fingerprint density at radius 1 is 1.32 bits per heavy atom. The summed E-state index contributed by atoms with van der Waals surface area (Å²) >= 11 is 1.47. The zero-order chi connectivity index (χ0) is 15.9. The molecule has 0 unspecified atom stereocenters. The van der Waals surface area contributed by atoms with Gasteiger partial charge < -0.3 is 9.64 Å². The summed E-state index contributed by atoms with van der Waals surface area (Å²) in [6, 6.07) is 9.99. The number of nitriles is 1. The van der Waals surface area contributed by atoms with Crippen LogP contribution in [-0.2, 0) is 9.53 Å². The molecule has 1 aromatic rings. The van der Waals surface area contributed by atoms with Gasteiger partial charge >= 0.3 is 5.97 Å². The van der Waals surface area contributed by atoms with E-state index in [-0.39, 0.29) is 5.57 Å². The van der Waals surface area contributed by atoms with E-state index in [9.17, 15) is 10.1 Å². The zero-order valence-corrected chi connectivity index (χ0v) is 13.8. The molecule has 116 valence electrons. The smallest absolute Gasteiger partial charge is 0.351 e. The van der Waals surface area contributed by atoms with Crippen LogP contribution in [0.1, 0.15) is 32.6 Å². The van der Waals surface area contributed by atoms with Crippen molar-refractivity contribution in [2.75, 3.05) is 18.6 Å². The van der Waals surface area contributed by atoms with Crippen LogP contribution in [0.2, 0.25) is 0 Å². The van der Waals surface area contributed by atoms with E-state index in [2.05, 4.69) is 11.8 Å². The lowest BCUT2D eigenvalue weighted by Gasteiger charge is -2.21. The molecular formula is C17H20N2O2S. The van der Waals surface area contributed by atoms with E-state index in [1.54, 1.807) is 0 Å². The molecule has 0 aliphatic carbocycles. The molecule has 0 radical (unpaired) electrons. The lowest BCUT2D eigenvalue weighted by Crippen LogP contribution is -2.22. The van der Waals surface area contributed by atoms with E-state index < -0.39 is 5.97 Å². The first-order valence-corrected chi connectivity index (χ1v) is 8.31. The van der Waals surface area contributed by atoms with Crippen molar-refractivity contribution in [1.29, 1.82) is 5.26 Å². The van der Waals surface area contributed by atoms with Crippen molar-refractivity contribution in [3.63, 3.8) is 0 Å². The SMILES string of the molecule is CCCCCCN1/C(=C(\C#N)C(=O)OC)Sc2ccccc21. The van der Waals surface area contributed by atoms with Crippen LogP contribution in [0.3, 0.4) is 0 Å². The standard InChI is InChI=1S/C17H20N2O2S/c1-3-4-5-8-11-19-14-9-6-7-10-15(14)22-16(19)13(12-18)17(20)21-2/h6-7,9-10H,3-5,8,11H2,1-2H3/b16-13-. The Bertz CT molecular complexity index is 619. The van der Waals surface area contributed by atoms with Crippen LogP contribution in [0.4, 0.5) is 5.69 Å². The third-order valence-electron chi connectivity index (χ3n) is 3.56. The molecule has 2 rings (SSSR count). The van der Waals surface area contributed by atoms with Gasteiger partial charge in [0.2, 0.25) is 0 Å². The van der Waals surface area contributed by atoms with Crippen molar-refractivity contribution < 1.29 is 9.53 Å². The Balaban J connectivity index is 2.31. The van der Waals surface area contributed by atoms with Gasteiger partial charge in [-0.1, -0.05) is 50.1 Å². The molecule has 0 saturated carbocycles. The second kappa shape index (κ2) is 7.90. The Morgan fingerprint density at radius 2 is 2.09 bits per heavy atom. The molecule has 0 saturated heterocycles. The minimum Gasteiger partial charge on any atom is -0.465 e. The molecule has 0 aromatic heterocycles. The number of esters is 1. The maximum atomic E-state index is 11.9. The number of hydrogen-bond acceptors (Lipinski definition) is 5. The number of anilines is 1. The predicted octanol–water partition coefficient (Wildman–Crippen LogP) is 4.09. The average molecular weight is 316 g/mol. The van der Waals surface area contributed by atoms with Crippen LogP contribution < -0.4 is 4.90 Å². The minimum absolute atomic E-state index is 0.0826. The number of para-hydroxylation sites is 1. The second-order valence-corrected chi connectivity index (χ2v) is 6.10. The van der Waals surface area contributed by atoms with Crippen molar-refractivity contribution in [3.8, 4) is 6.07 Å². The van der Waals surface area contributed by atoms with Crippen LogP contribution >= 0.6 is 11.8 Å². The summed E-state index contributed by atoms with van der Waals surface area (Å²) in [5.74, 6) is -0.573. The number of unbranched alkanes of at least 4 members (excludes halogenated alkanes) is 3. The fourth-order valence-corrected chi connectivity index (χ4v) is 3.59. The Morgan fingerprint density at radius 3 is 2.77 bits per heavy atom. The highest BCUT2D eigenvalue weighted by atomic mass is 32.2. The molecule has 0 spiro atoms. The van der Waals surface area contributed by atoms with Crippen LogP contribution in [0, 0.1) is 11.3 Å². The lowest BCUT2D eigenvalue weighted by molar-refractivity contribution is -0.135. The number of ether oxygens (including phenoxy) is 1. The lowest BCUT2D eigenvalue weighted by atomic mass is 10.2. The van der Waals surface area contributed by atoms with Crippen molar-refractivity contribution >= 4 is 23.4 Å². The Kier molecular flexibility index (Phi) is 5.91. The molecule has 0 fully saturated rings. The van der Waals surface area contributed by atoms with E-state index >= 15 is 0 Å². The number of thioether (sulfide) groups is 1. The topological polar surface area (TPSA) is 53.3 Å². The Labute approximate surface area is 135 Å². The third-order valence-corrected chi connectivity index (χ3v) is 4.74. The van der Waals surface area contributed by atoms with E-state index in [0.29, 0.717) is 5.03 Å². The number of nitrogens with zero attached hydrogens (tertiary/aromatic N) is 2. The molecule has 0 amide bonds. The average Bonchev–Trinajstić information content (AvgIpc) is 2.90. The summed E-state index contributed by atoms with van der Waals surface area (Å²) in [5, 5.41) is 10.0. The van der Waals surface area contributed by atoms with E-state index in [1.807, 2.05) is 30.3 Å². The fourth-order valence-electron chi connectivity index (χ4n) is 2.42. The summed E-state index contributed by atoms with van der Waals surface area (Å²) in [6.07, 6.45) is 4.56. The number of fused-ring (bicyclic) bond motifs is 1. The van der Waals surface area contributed by atoms with Gasteiger partial charge in [-0.25, -0.2) is 4.79 Å². The van der Waals surface area contributed by atoms with Crippen molar-refractivity contribution in [1.82, 2.24) is 0 Å². The van der Waals surface area contributed by atoms with Gasteiger partial charge in [0, 0.05) is 11.4 Å². The van der Waals surface area contributed by atoms with Gasteiger partial charge in [0.25, 0.3) is 0 Å². The van der Waals surface area contributed by atoms with E-state index in [0.717, 1.165) is 30.0 Å².